The first-order chi connectivity index (χ1) is 6.68. The smallest absolute Gasteiger partial charge is 0.235 e. The Bertz CT molecular complexity index is 220. The molecule has 2 heterocycles. The Balaban J connectivity index is 1.92. The SMILES string of the molecule is O=C(C1CCCS1)N1CC(O)C(O)C1. The fourth-order valence-corrected chi connectivity index (χ4v) is 3.17. The van der Waals surface area contributed by atoms with Crippen molar-refractivity contribution in [2.24, 2.45) is 0 Å². The first-order valence-corrected chi connectivity index (χ1v) is 6.00. The van der Waals surface area contributed by atoms with Crippen LogP contribution in [0.2, 0.25) is 0 Å². The van der Waals surface area contributed by atoms with E-state index >= 15 is 0 Å². The van der Waals surface area contributed by atoms with Crippen molar-refractivity contribution in [2.75, 3.05) is 18.8 Å². The van der Waals surface area contributed by atoms with Gasteiger partial charge in [0.15, 0.2) is 0 Å². The number of carbonyl (C=O) groups is 1. The highest BCUT2D eigenvalue weighted by Crippen LogP contribution is 2.28. The minimum atomic E-state index is -0.759. The Morgan fingerprint density at radius 3 is 2.43 bits per heavy atom. The van der Waals surface area contributed by atoms with Crippen molar-refractivity contribution in [3.05, 3.63) is 0 Å². The largest absolute Gasteiger partial charge is 0.388 e. The van der Waals surface area contributed by atoms with Crippen LogP contribution in [-0.4, -0.2) is 57.3 Å². The summed E-state index contributed by atoms with van der Waals surface area (Å²) in [5.41, 5.74) is 0. The van der Waals surface area contributed by atoms with Crippen molar-refractivity contribution in [2.45, 2.75) is 30.3 Å². The van der Waals surface area contributed by atoms with Crippen molar-refractivity contribution < 1.29 is 15.0 Å². The topological polar surface area (TPSA) is 60.8 Å². The molecule has 0 bridgehead atoms. The van der Waals surface area contributed by atoms with Crippen LogP contribution in [0.1, 0.15) is 12.8 Å². The number of thioether (sulfide) groups is 1. The minimum absolute atomic E-state index is 0.0625. The van der Waals surface area contributed by atoms with Crippen LogP contribution >= 0.6 is 11.8 Å². The van der Waals surface area contributed by atoms with E-state index in [0.717, 1.165) is 18.6 Å². The lowest BCUT2D eigenvalue weighted by Crippen LogP contribution is -2.35. The third-order valence-electron chi connectivity index (χ3n) is 2.78. The number of aliphatic hydroxyl groups excluding tert-OH is 2. The molecule has 0 radical (unpaired) electrons. The van der Waals surface area contributed by atoms with E-state index in [4.69, 9.17) is 0 Å². The number of amides is 1. The maximum absolute atomic E-state index is 11.8. The average Bonchev–Trinajstić information content (AvgIpc) is 2.76. The zero-order chi connectivity index (χ0) is 10.1. The van der Waals surface area contributed by atoms with Crippen LogP contribution in [0.3, 0.4) is 0 Å². The lowest BCUT2D eigenvalue weighted by atomic mass is 10.2. The molecule has 2 saturated heterocycles. The molecule has 2 aliphatic heterocycles. The van der Waals surface area contributed by atoms with Gasteiger partial charge < -0.3 is 15.1 Å². The standard InChI is InChI=1S/C9H15NO3S/c11-6-4-10(5-7(6)12)9(13)8-2-1-3-14-8/h6-8,11-12H,1-5H2. The quantitative estimate of drug-likeness (QED) is 0.618. The zero-order valence-corrected chi connectivity index (χ0v) is 8.74. The van der Waals surface area contributed by atoms with E-state index in [1.165, 1.54) is 0 Å². The van der Waals surface area contributed by atoms with Gasteiger partial charge in [-0.05, 0) is 18.6 Å². The second kappa shape index (κ2) is 4.08. The Morgan fingerprint density at radius 2 is 1.93 bits per heavy atom. The molecule has 0 aromatic rings. The van der Waals surface area contributed by atoms with Crippen LogP contribution in [0.25, 0.3) is 0 Å². The number of carbonyl (C=O) groups excluding carboxylic acids is 1. The minimum Gasteiger partial charge on any atom is -0.388 e. The van der Waals surface area contributed by atoms with E-state index < -0.39 is 12.2 Å². The van der Waals surface area contributed by atoms with Gasteiger partial charge in [-0.25, -0.2) is 0 Å². The van der Waals surface area contributed by atoms with Gasteiger partial charge in [0.25, 0.3) is 0 Å². The maximum atomic E-state index is 11.8. The first kappa shape index (κ1) is 10.3. The molecule has 0 aliphatic carbocycles. The highest BCUT2D eigenvalue weighted by Gasteiger charge is 2.36. The third kappa shape index (κ3) is 1.89. The van der Waals surface area contributed by atoms with Gasteiger partial charge in [-0.1, -0.05) is 0 Å². The molecule has 80 valence electrons. The normalized spacial score (nSPS) is 37.9. The lowest BCUT2D eigenvalue weighted by Gasteiger charge is -2.18. The van der Waals surface area contributed by atoms with Crippen LogP contribution < -0.4 is 0 Å². The zero-order valence-electron chi connectivity index (χ0n) is 7.93. The highest BCUT2D eigenvalue weighted by atomic mass is 32.2. The summed E-state index contributed by atoms with van der Waals surface area (Å²) in [6, 6.07) is 0. The number of β-amino-alcohol motifs (C(OH)–C–C–N with tert-alkyl or cyclic N) is 2. The summed E-state index contributed by atoms with van der Waals surface area (Å²) in [5.74, 6) is 1.14. The van der Waals surface area contributed by atoms with Crippen molar-refractivity contribution in [1.82, 2.24) is 4.90 Å². The van der Waals surface area contributed by atoms with Crippen molar-refractivity contribution >= 4 is 17.7 Å². The molecule has 2 aliphatic rings. The molecule has 2 N–H and O–H groups in total. The fourth-order valence-electron chi connectivity index (χ4n) is 1.93. The molecule has 1 amide bonds. The van der Waals surface area contributed by atoms with Crippen LogP contribution in [0, 0.1) is 0 Å². The van der Waals surface area contributed by atoms with E-state index in [2.05, 4.69) is 0 Å². The molecule has 0 saturated carbocycles. The van der Waals surface area contributed by atoms with Crippen LogP contribution in [0.5, 0.6) is 0 Å². The van der Waals surface area contributed by atoms with Crippen molar-refractivity contribution in [1.29, 1.82) is 0 Å². The number of hydrogen-bond donors (Lipinski definition) is 2. The van der Waals surface area contributed by atoms with Crippen molar-refractivity contribution in [3.8, 4) is 0 Å². The van der Waals surface area contributed by atoms with Crippen molar-refractivity contribution in [3.63, 3.8) is 0 Å². The molecule has 0 aromatic carbocycles. The van der Waals surface area contributed by atoms with Gasteiger partial charge in [-0.3, -0.25) is 4.79 Å². The molecule has 14 heavy (non-hydrogen) atoms. The molecule has 2 rings (SSSR count). The van der Waals surface area contributed by atoms with E-state index in [-0.39, 0.29) is 24.2 Å². The van der Waals surface area contributed by atoms with Gasteiger partial charge in [0, 0.05) is 13.1 Å². The molecule has 0 spiro atoms. The Morgan fingerprint density at radius 1 is 1.29 bits per heavy atom. The number of rotatable bonds is 1. The number of likely N-dealkylation sites (tertiary alicyclic amines) is 1. The first-order valence-electron chi connectivity index (χ1n) is 4.95. The second-order valence-corrected chi connectivity index (χ2v) is 5.19. The van der Waals surface area contributed by atoms with E-state index in [1.807, 2.05) is 0 Å². The molecule has 5 heteroatoms. The van der Waals surface area contributed by atoms with E-state index in [1.54, 1.807) is 16.7 Å². The second-order valence-electron chi connectivity index (χ2n) is 3.88. The van der Waals surface area contributed by atoms with Crippen LogP contribution in [0.4, 0.5) is 0 Å². The third-order valence-corrected chi connectivity index (χ3v) is 4.14. The van der Waals surface area contributed by atoms with Gasteiger partial charge >= 0.3 is 0 Å². The molecule has 2 fully saturated rings. The molecular formula is C9H15NO3S. The number of aliphatic hydroxyl groups is 2. The summed E-state index contributed by atoms with van der Waals surface area (Å²) in [4.78, 5) is 13.4. The van der Waals surface area contributed by atoms with Gasteiger partial charge in [0.05, 0.1) is 17.5 Å². The van der Waals surface area contributed by atoms with Gasteiger partial charge in [0.1, 0.15) is 0 Å². The summed E-state index contributed by atoms with van der Waals surface area (Å²) >= 11 is 1.69. The highest BCUT2D eigenvalue weighted by molar-refractivity contribution is 8.00. The maximum Gasteiger partial charge on any atom is 0.235 e. The summed E-state index contributed by atoms with van der Waals surface area (Å²) in [5, 5.41) is 18.7. The summed E-state index contributed by atoms with van der Waals surface area (Å²) in [6.07, 6.45) is 0.516. The Kier molecular flexibility index (Phi) is 2.99. The Hall–Kier alpha value is -0.260. The van der Waals surface area contributed by atoms with E-state index in [0.29, 0.717) is 0 Å². The van der Waals surface area contributed by atoms with Crippen LogP contribution in [0.15, 0.2) is 0 Å². The Labute approximate surface area is 87.3 Å². The lowest BCUT2D eigenvalue weighted by molar-refractivity contribution is -0.130. The van der Waals surface area contributed by atoms with E-state index in [9.17, 15) is 15.0 Å². The fraction of sp³-hybridized carbons (Fsp3) is 0.889. The molecular weight excluding hydrogens is 202 g/mol. The summed E-state index contributed by atoms with van der Waals surface area (Å²) in [6.45, 7) is 0.577. The predicted octanol–water partition coefficient (Wildman–Crippen LogP) is -0.554. The summed E-state index contributed by atoms with van der Waals surface area (Å²) in [7, 11) is 0. The molecule has 3 atom stereocenters. The summed E-state index contributed by atoms with van der Waals surface area (Å²) < 4.78 is 0. The molecule has 3 unspecified atom stereocenters. The molecule has 4 nitrogen and oxygen atoms in total. The van der Waals surface area contributed by atoms with Gasteiger partial charge in [-0.2, -0.15) is 0 Å². The molecule has 0 aromatic heterocycles. The van der Waals surface area contributed by atoms with Gasteiger partial charge in [-0.15, -0.1) is 11.8 Å². The number of nitrogens with zero attached hydrogens (tertiary/aromatic N) is 1. The predicted molar refractivity (Wildman–Crippen MR) is 54.1 cm³/mol. The average molecular weight is 217 g/mol. The van der Waals surface area contributed by atoms with Crippen LogP contribution in [-0.2, 0) is 4.79 Å². The number of hydrogen-bond acceptors (Lipinski definition) is 4. The van der Waals surface area contributed by atoms with Gasteiger partial charge in [0.2, 0.25) is 5.91 Å². The monoisotopic (exact) mass is 217 g/mol.